The van der Waals surface area contributed by atoms with Crippen molar-refractivity contribution < 1.29 is 18.9 Å². The first-order valence-corrected chi connectivity index (χ1v) is 6.45. The second-order valence-corrected chi connectivity index (χ2v) is 5.50. The van der Waals surface area contributed by atoms with Crippen LogP contribution in [0.1, 0.15) is 20.3 Å². The fraction of sp³-hybridized carbons (Fsp3) is 0.583. The van der Waals surface area contributed by atoms with Gasteiger partial charge in [0.2, 0.25) is 5.91 Å². The lowest BCUT2D eigenvalue weighted by Gasteiger charge is -2.23. The maximum absolute atomic E-state index is 11.6. The quantitative estimate of drug-likeness (QED) is 0.538. The van der Waals surface area contributed by atoms with Gasteiger partial charge in [-0.1, -0.05) is 13.8 Å². The van der Waals surface area contributed by atoms with Crippen LogP contribution in [0.5, 0.6) is 0 Å². The van der Waals surface area contributed by atoms with E-state index in [9.17, 15) is 14.4 Å². The number of nitrogens with zero attached hydrogens (tertiary/aromatic N) is 1. The summed E-state index contributed by atoms with van der Waals surface area (Å²) in [5.74, 6) is -0.923. The summed E-state index contributed by atoms with van der Waals surface area (Å²) < 4.78 is 4.97. The molecule has 0 saturated carbocycles. The highest BCUT2D eigenvalue weighted by Crippen LogP contribution is 2.15. The van der Waals surface area contributed by atoms with Crippen LogP contribution in [-0.2, 0) is 18.9 Å². The Balaban J connectivity index is 2.29. The maximum Gasteiger partial charge on any atom is 0.253 e. The molecular formula is C12H19N2O4P. The summed E-state index contributed by atoms with van der Waals surface area (Å²) in [5, 5.41) is 2.76. The summed E-state index contributed by atoms with van der Waals surface area (Å²) in [5.41, 5.74) is -0.168. The van der Waals surface area contributed by atoms with Crippen molar-refractivity contribution in [3.05, 3.63) is 12.2 Å². The predicted molar refractivity (Wildman–Crippen MR) is 72.9 cm³/mol. The van der Waals surface area contributed by atoms with Crippen molar-refractivity contribution in [1.82, 2.24) is 10.2 Å². The lowest BCUT2D eigenvalue weighted by molar-refractivity contribution is -0.137. The SMILES string of the molecule is CC(C)(CNC(=O)CCN1C(=O)C=CC1=O)COP. The standard InChI is InChI=1S/C12H19N2O4P/c1-12(2,8-18-19)7-13-9(15)5-6-14-10(16)3-4-11(14)17/h3-4H,5-8,19H2,1-2H3,(H,13,15). The summed E-state index contributed by atoms with van der Waals surface area (Å²) in [6, 6.07) is 0. The van der Waals surface area contributed by atoms with Crippen LogP contribution in [-0.4, -0.2) is 42.3 Å². The van der Waals surface area contributed by atoms with E-state index < -0.39 is 0 Å². The van der Waals surface area contributed by atoms with Gasteiger partial charge in [-0.25, -0.2) is 0 Å². The molecule has 6 nitrogen and oxygen atoms in total. The predicted octanol–water partition coefficient (Wildman–Crippen LogP) is 0.251. The third-order valence-corrected chi connectivity index (χ3v) is 2.87. The number of hydrogen-bond acceptors (Lipinski definition) is 4. The number of carbonyl (C=O) groups excluding carboxylic acids is 3. The van der Waals surface area contributed by atoms with Crippen molar-refractivity contribution in [1.29, 1.82) is 0 Å². The third kappa shape index (κ3) is 5.09. The molecule has 1 rings (SSSR count). The third-order valence-electron chi connectivity index (χ3n) is 2.70. The van der Waals surface area contributed by atoms with Crippen molar-refractivity contribution in [3.63, 3.8) is 0 Å². The maximum atomic E-state index is 11.6. The molecule has 7 heteroatoms. The molecule has 1 unspecified atom stereocenters. The number of amides is 3. The number of carbonyl (C=O) groups is 3. The summed E-state index contributed by atoms with van der Waals surface area (Å²) in [6.45, 7) is 5.02. The zero-order valence-corrected chi connectivity index (χ0v) is 12.3. The number of nitrogens with one attached hydrogen (secondary N) is 1. The Morgan fingerprint density at radius 2 is 1.95 bits per heavy atom. The fourth-order valence-electron chi connectivity index (χ4n) is 1.57. The van der Waals surface area contributed by atoms with Crippen molar-refractivity contribution in [3.8, 4) is 0 Å². The molecule has 0 aromatic carbocycles. The van der Waals surface area contributed by atoms with Gasteiger partial charge >= 0.3 is 0 Å². The molecule has 0 aromatic heterocycles. The molecule has 1 aliphatic heterocycles. The molecule has 0 aliphatic carbocycles. The summed E-state index contributed by atoms with van der Waals surface area (Å²) in [4.78, 5) is 35.2. The van der Waals surface area contributed by atoms with Gasteiger partial charge in [-0.2, -0.15) is 0 Å². The lowest BCUT2D eigenvalue weighted by Crippen LogP contribution is -2.39. The normalized spacial score (nSPS) is 15.2. The van der Waals surface area contributed by atoms with Crippen LogP contribution < -0.4 is 5.32 Å². The highest BCUT2D eigenvalue weighted by atomic mass is 31.0. The van der Waals surface area contributed by atoms with Gasteiger partial charge < -0.3 is 9.84 Å². The van der Waals surface area contributed by atoms with E-state index in [-0.39, 0.29) is 36.1 Å². The zero-order chi connectivity index (χ0) is 14.5. The van der Waals surface area contributed by atoms with Gasteiger partial charge in [0, 0.05) is 46.5 Å². The summed E-state index contributed by atoms with van der Waals surface area (Å²) >= 11 is 0. The average molecular weight is 286 g/mol. The highest BCUT2D eigenvalue weighted by Gasteiger charge is 2.24. The van der Waals surface area contributed by atoms with Gasteiger partial charge in [-0.05, 0) is 0 Å². The molecule has 1 aliphatic rings. The highest BCUT2D eigenvalue weighted by molar-refractivity contribution is 7.09. The Labute approximate surface area is 114 Å². The van der Waals surface area contributed by atoms with Gasteiger partial charge in [-0.15, -0.1) is 0 Å². The van der Waals surface area contributed by atoms with E-state index in [1.807, 2.05) is 13.8 Å². The minimum Gasteiger partial charge on any atom is -0.365 e. The van der Waals surface area contributed by atoms with Crippen molar-refractivity contribution >= 4 is 27.2 Å². The molecule has 0 spiro atoms. The Hall–Kier alpha value is -1.26. The topological polar surface area (TPSA) is 75.7 Å². The molecule has 0 saturated heterocycles. The first-order valence-electron chi connectivity index (χ1n) is 5.98. The zero-order valence-electron chi connectivity index (χ0n) is 11.1. The largest absolute Gasteiger partial charge is 0.365 e. The van der Waals surface area contributed by atoms with Gasteiger partial charge in [0.25, 0.3) is 11.8 Å². The molecular weight excluding hydrogens is 267 g/mol. The lowest BCUT2D eigenvalue weighted by atomic mass is 9.95. The van der Waals surface area contributed by atoms with Crippen molar-refractivity contribution in [2.45, 2.75) is 20.3 Å². The Morgan fingerprint density at radius 1 is 1.37 bits per heavy atom. The van der Waals surface area contributed by atoms with E-state index in [2.05, 4.69) is 14.8 Å². The van der Waals surface area contributed by atoms with E-state index in [1.165, 1.54) is 12.2 Å². The Morgan fingerprint density at radius 3 is 2.47 bits per heavy atom. The van der Waals surface area contributed by atoms with E-state index in [0.717, 1.165) is 4.90 Å². The van der Waals surface area contributed by atoms with Gasteiger partial charge in [0.1, 0.15) is 0 Å². The van der Waals surface area contributed by atoms with Gasteiger partial charge in [0.15, 0.2) is 0 Å². The van der Waals surface area contributed by atoms with Crippen LogP contribution in [0.25, 0.3) is 0 Å². The number of imide groups is 1. The molecule has 106 valence electrons. The van der Waals surface area contributed by atoms with Crippen molar-refractivity contribution in [2.75, 3.05) is 19.7 Å². The van der Waals surface area contributed by atoms with Crippen LogP contribution in [0, 0.1) is 5.41 Å². The minimum atomic E-state index is -0.366. The molecule has 1 N–H and O–H groups in total. The molecule has 1 heterocycles. The molecule has 0 radical (unpaired) electrons. The van der Waals surface area contributed by atoms with E-state index >= 15 is 0 Å². The van der Waals surface area contributed by atoms with Crippen LogP contribution in [0.15, 0.2) is 12.2 Å². The first kappa shape index (κ1) is 15.8. The van der Waals surface area contributed by atoms with E-state index in [1.54, 1.807) is 0 Å². The monoisotopic (exact) mass is 286 g/mol. The Bertz CT molecular complexity index is 389. The van der Waals surface area contributed by atoms with E-state index in [4.69, 9.17) is 4.52 Å². The average Bonchev–Trinajstić information content (AvgIpc) is 2.64. The van der Waals surface area contributed by atoms with Gasteiger partial charge in [-0.3, -0.25) is 19.3 Å². The van der Waals surface area contributed by atoms with Gasteiger partial charge in [0.05, 0.1) is 6.61 Å². The van der Waals surface area contributed by atoms with Crippen LogP contribution in [0.3, 0.4) is 0 Å². The second kappa shape index (κ2) is 6.78. The molecule has 19 heavy (non-hydrogen) atoms. The summed E-state index contributed by atoms with van der Waals surface area (Å²) in [6.07, 6.45) is 2.52. The van der Waals surface area contributed by atoms with Crippen LogP contribution in [0.2, 0.25) is 0 Å². The first-order chi connectivity index (χ1) is 8.85. The molecule has 0 fully saturated rings. The van der Waals surface area contributed by atoms with Crippen molar-refractivity contribution in [2.24, 2.45) is 5.41 Å². The van der Waals surface area contributed by atoms with Crippen LogP contribution >= 0.6 is 9.47 Å². The summed E-state index contributed by atoms with van der Waals surface area (Å²) in [7, 11) is 2.18. The number of rotatable bonds is 7. The van der Waals surface area contributed by atoms with E-state index in [0.29, 0.717) is 13.2 Å². The van der Waals surface area contributed by atoms with Crippen LogP contribution in [0.4, 0.5) is 0 Å². The minimum absolute atomic E-state index is 0.108. The fourth-order valence-corrected chi connectivity index (χ4v) is 2.02. The molecule has 0 bridgehead atoms. The number of hydrogen-bond donors (Lipinski definition) is 1. The molecule has 0 aromatic rings. The Kier molecular flexibility index (Phi) is 5.63. The molecule has 3 amide bonds. The molecule has 1 atom stereocenters. The second-order valence-electron chi connectivity index (χ2n) is 5.16. The smallest absolute Gasteiger partial charge is 0.253 e.